The van der Waals surface area contributed by atoms with Crippen molar-refractivity contribution in [2.24, 2.45) is 0 Å². The topological polar surface area (TPSA) is 137 Å². The van der Waals surface area contributed by atoms with Gasteiger partial charge in [-0.2, -0.15) is 15.3 Å². The maximum absolute atomic E-state index is 12.7. The number of para-hydroxylation sites is 1. The molecule has 182 valence electrons. The van der Waals surface area contributed by atoms with Crippen LogP contribution in [0.5, 0.6) is 0 Å². The van der Waals surface area contributed by atoms with Crippen LogP contribution in [0.3, 0.4) is 0 Å². The Morgan fingerprint density at radius 3 is 2.66 bits per heavy atom. The molecule has 4 heterocycles. The van der Waals surface area contributed by atoms with E-state index in [0.29, 0.717) is 23.0 Å². The van der Waals surface area contributed by atoms with Crippen molar-refractivity contribution in [2.45, 2.75) is 0 Å². The van der Waals surface area contributed by atoms with Crippen LogP contribution in [-0.2, 0) is 0 Å². The third-order valence-electron chi connectivity index (χ3n) is 6.27. The average molecular weight is 498 g/mol. The Balaban J connectivity index is 1.25. The number of hydrogen-bond acceptors (Lipinski definition) is 7. The van der Waals surface area contributed by atoms with Gasteiger partial charge >= 0.3 is 0 Å². The van der Waals surface area contributed by atoms with Crippen molar-refractivity contribution in [3.8, 4) is 11.4 Å². The number of nitrogens with one attached hydrogen (secondary N) is 4. The predicted octanol–water partition coefficient (Wildman–Crippen LogP) is 5.44. The van der Waals surface area contributed by atoms with Gasteiger partial charge in [0, 0.05) is 32.9 Å². The van der Waals surface area contributed by atoms with Gasteiger partial charge in [0.25, 0.3) is 5.91 Å². The van der Waals surface area contributed by atoms with Crippen molar-refractivity contribution >= 4 is 55.8 Å². The molecule has 0 unspecified atom stereocenters. The molecule has 7 aromatic rings. The smallest absolute Gasteiger partial charge is 0.272 e. The van der Waals surface area contributed by atoms with Crippen molar-refractivity contribution in [2.75, 3.05) is 10.6 Å². The van der Waals surface area contributed by atoms with Crippen LogP contribution in [0, 0.1) is 0 Å². The average Bonchev–Trinajstić information content (AvgIpc) is 3.60. The van der Waals surface area contributed by atoms with Crippen LogP contribution in [0.25, 0.3) is 44.1 Å². The highest BCUT2D eigenvalue weighted by Gasteiger charge is 2.14. The van der Waals surface area contributed by atoms with Crippen molar-refractivity contribution in [3.05, 3.63) is 97.1 Å². The maximum atomic E-state index is 12.7. The van der Waals surface area contributed by atoms with Crippen molar-refractivity contribution in [1.82, 2.24) is 35.3 Å². The minimum absolute atomic E-state index is 0.265. The number of anilines is 3. The number of nitrogens with zero attached hydrogens (tertiary/aromatic N) is 5. The standard InChI is InChI=1S/C28H19N9O/c38-28(33-20-9-10-29-30-15-20)25-12-16-5-6-17(13-24(16)34-25)26-35-23-4-2-1-3-21(23)27(36-26)32-19-7-8-22-18(11-19)14-31-37-22/h1-15,34H,(H,31,37)(H,29,33,38)(H,32,35,36). The molecule has 3 aromatic carbocycles. The quantitative estimate of drug-likeness (QED) is 0.248. The van der Waals surface area contributed by atoms with Crippen LogP contribution in [0.4, 0.5) is 17.2 Å². The largest absolute Gasteiger partial charge is 0.350 e. The Labute approximate surface area is 215 Å². The highest BCUT2D eigenvalue weighted by molar-refractivity contribution is 6.06. The van der Waals surface area contributed by atoms with Crippen molar-refractivity contribution in [3.63, 3.8) is 0 Å². The van der Waals surface area contributed by atoms with Crippen LogP contribution in [0.1, 0.15) is 10.5 Å². The summed E-state index contributed by atoms with van der Waals surface area (Å²) >= 11 is 0. The summed E-state index contributed by atoms with van der Waals surface area (Å²) in [5.74, 6) is 1.01. The van der Waals surface area contributed by atoms with E-state index in [4.69, 9.17) is 9.97 Å². The summed E-state index contributed by atoms with van der Waals surface area (Å²) in [4.78, 5) is 25.7. The Bertz CT molecular complexity index is 1960. The van der Waals surface area contributed by atoms with Crippen LogP contribution >= 0.6 is 0 Å². The zero-order chi connectivity index (χ0) is 25.5. The molecule has 0 bridgehead atoms. The molecule has 0 atom stereocenters. The number of H-pyrrole nitrogens is 2. The Hall–Kier alpha value is -5.64. The first kappa shape index (κ1) is 21.6. The van der Waals surface area contributed by atoms with E-state index in [1.807, 2.05) is 66.7 Å². The van der Waals surface area contributed by atoms with Gasteiger partial charge in [-0.15, -0.1) is 0 Å². The van der Waals surface area contributed by atoms with E-state index in [0.717, 1.165) is 44.0 Å². The van der Waals surface area contributed by atoms with E-state index >= 15 is 0 Å². The monoisotopic (exact) mass is 497 g/mol. The number of benzene rings is 3. The first-order chi connectivity index (χ1) is 18.7. The SMILES string of the molecule is O=C(Nc1ccnnc1)c1cc2ccc(-c3nc(Nc4ccc5[nH]ncc5c4)c4ccccc4n3)cc2[nH]1. The fourth-order valence-corrected chi connectivity index (χ4v) is 4.41. The molecule has 0 fully saturated rings. The zero-order valence-electron chi connectivity index (χ0n) is 19.8. The minimum Gasteiger partial charge on any atom is -0.350 e. The molecular weight excluding hydrogens is 478 g/mol. The van der Waals surface area contributed by atoms with E-state index in [2.05, 4.69) is 36.0 Å². The van der Waals surface area contributed by atoms with Crippen LogP contribution < -0.4 is 10.6 Å². The summed E-state index contributed by atoms with van der Waals surface area (Å²) in [5, 5.41) is 23.7. The molecule has 0 spiro atoms. The molecule has 0 radical (unpaired) electrons. The van der Waals surface area contributed by atoms with Gasteiger partial charge in [0.2, 0.25) is 0 Å². The van der Waals surface area contributed by atoms with Crippen molar-refractivity contribution in [1.29, 1.82) is 0 Å². The number of aromatic nitrogens is 7. The molecule has 0 saturated carbocycles. The zero-order valence-corrected chi connectivity index (χ0v) is 19.8. The summed E-state index contributed by atoms with van der Waals surface area (Å²) in [7, 11) is 0. The lowest BCUT2D eigenvalue weighted by molar-refractivity contribution is 0.102. The normalized spacial score (nSPS) is 11.3. The lowest BCUT2D eigenvalue weighted by Crippen LogP contribution is -2.12. The minimum atomic E-state index is -0.265. The number of rotatable bonds is 5. The molecule has 0 aliphatic heterocycles. The fraction of sp³-hybridized carbons (Fsp3) is 0. The summed E-state index contributed by atoms with van der Waals surface area (Å²) in [5.41, 5.74) is 5.32. The van der Waals surface area contributed by atoms with Crippen LogP contribution in [-0.4, -0.2) is 41.3 Å². The van der Waals surface area contributed by atoms with Gasteiger partial charge in [0.05, 0.1) is 35.3 Å². The third kappa shape index (κ3) is 3.95. The molecule has 0 saturated heterocycles. The lowest BCUT2D eigenvalue weighted by atomic mass is 10.1. The summed E-state index contributed by atoms with van der Waals surface area (Å²) in [6.45, 7) is 0. The molecule has 1 amide bonds. The summed E-state index contributed by atoms with van der Waals surface area (Å²) < 4.78 is 0. The fourth-order valence-electron chi connectivity index (χ4n) is 4.41. The summed E-state index contributed by atoms with van der Waals surface area (Å²) in [6.07, 6.45) is 4.81. The molecule has 7 rings (SSSR count). The van der Waals surface area contributed by atoms with E-state index in [9.17, 15) is 4.79 Å². The van der Waals surface area contributed by atoms with Gasteiger partial charge in [-0.25, -0.2) is 9.97 Å². The molecule has 4 aromatic heterocycles. The first-order valence-corrected chi connectivity index (χ1v) is 11.9. The molecule has 38 heavy (non-hydrogen) atoms. The summed E-state index contributed by atoms with van der Waals surface area (Å²) in [6, 6.07) is 23.2. The van der Waals surface area contributed by atoms with E-state index in [1.165, 1.54) is 12.4 Å². The molecule has 10 nitrogen and oxygen atoms in total. The van der Waals surface area contributed by atoms with Crippen LogP contribution in [0.2, 0.25) is 0 Å². The molecule has 0 aliphatic rings. The van der Waals surface area contributed by atoms with Gasteiger partial charge < -0.3 is 15.6 Å². The molecule has 4 N–H and O–H groups in total. The second-order valence-electron chi connectivity index (χ2n) is 8.78. The van der Waals surface area contributed by atoms with Crippen molar-refractivity contribution < 1.29 is 4.79 Å². The van der Waals surface area contributed by atoms with E-state index < -0.39 is 0 Å². The number of fused-ring (bicyclic) bond motifs is 3. The highest BCUT2D eigenvalue weighted by atomic mass is 16.1. The number of carbonyl (C=O) groups is 1. The van der Waals surface area contributed by atoms with Crippen LogP contribution in [0.15, 0.2) is 91.4 Å². The van der Waals surface area contributed by atoms with Gasteiger partial charge in [0.1, 0.15) is 11.5 Å². The van der Waals surface area contributed by atoms with E-state index in [1.54, 1.807) is 12.3 Å². The molecular formula is C28H19N9O. The predicted molar refractivity (Wildman–Crippen MR) is 146 cm³/mol. The number of hydrogen-bond donors (Lipinski definition) is 4. The van der Waals surface area contributed by atoms with Gasteiger partial charge in [0.15, 0.2) is 5.82 Å². The van der Waals surface area contributed by atoms with Gasteiger partial charge in [-0.1, -0.05) is 24.3 Å². The molecule has 10 heteroatoms. The van der Waals surface area contributed by atoms with E-state index in [-0.39, 0.29) is 5.91 Å². The van der Waals surface area contributed by atoms with Gasteiger partial charge in [-0.05, 0) is 48.5 Å². The Kier molecular flexibility index (Phi) is 5.00. The Morgan fingerprint density at radius 1 is 0.789 bits per heavy atom. The second-order valence-corrected chi connectivity index (χ2v) is 8.78. The lowest BCUT2D eigenvalue weighted by Gasteiger charge is -2.11. The highest BCUT2D eigenvalue weighted by Crippen LogP contribution is 2.30. The first-order valence-electron chi connectivity index (χ1n) is 11.9. The third-order valence-corrected chi connectivity index (χ3v) is 6.27. The number of aromatic amines is 2. The van der Waals surface area contributed by atoms with Gasteiger partial charge in [-0.3, -0.25) is 9.89 Å². The Morgan fingerprint density at radius 2 is 1.74 bits per heavy atom. The second kappa shape index (κ2) is 8.79. The number of amides is 1. The number of carbonyl (C=O) groups excluding carboxylic acids is 1. The molecule has 0 aliphatic carbocycles. The maximum Gasteiger partial charge on any atom is 0.272 e.